The van der Waals surface area contributed by atoms with Gasteiger partial charge in [0, 0.05) is 32.7 Å². The highest BCUT2D eigenvalue weighted by Crippen LogP contribution is 2.28. The molecule has 0 bridgehead atoms. The van der Waals surface area contributed by atoms with Gasteiger partial charge in [-0.2, -0.15) is 4.98 Å². The average molecular weight is 339 g/mol. The number of benzene rings is 1. The number of nitrogens with one attached hydrogen (secondary N) is 2. The molecule has 132 valence electrons. The van der Waals surface area contributed by atoms with Gasteiger partial charge in [-0.1, -0.05) is 24.3 Å². The zero-order valence-electron chi connectivity index (χ0n) is 14.9. The summed E-state index contributed by atoms with van der Waals surface area (Å²) in [6.45, 7) is 3.27. The summed E-state index contributed by atoms with van der Waals surface area (Å²) in [5.41, 5.74) is 5.01. The molecule has 2 aromatic rings. The Morgan fingerprint density at radius 1 is 1.24 bits per heavy atom. The minimum atomic E-state index is 0.0695. The predicted molar refractivity (Wildman–Crippen MR) is 99.1 cm³/mol. The molecule has 2 aliphatic rings. The van der Waals surface area contributed by atoms with E-state index in [1.54, 1.807) is 0 Å². The number of rotatable bonds is 4. The van der Waals surface area contributed by atoms with E-state index in [1.807, 2.05) is 19.0 Å². The first-order chi connectivity index (χ1) is 12.2. The van der Waals surface area contributed by atoms with Crippen LogP contribution in [0.5, 0.6) is 0 Å². The Hall–Kier alpha value is -2.18. The molecule has 0 fully saturated rings. The van der Waals surface area contributed by atoms with Crippen LogP contribution in [-0.4, -0.2) is 43.8 Å². The number of nitrogens with zero attached hydrogens (tertiary/aromatic N) is 3. The summed E-state index contributed by atoms with van der Waals surface area (Å²) >= 11 is 0. The lowest BCUT2D eigenvalue weighted by Crippen LogP contribution is -2.29. The third-order valence-electron chi connectivity index (χ3n) is 4.87. The van der Waals surface area contributed by atoms with Crippen LogP contribution in [0, 0.1) is 0 Å². The van der Waals surface area contributed by atoms with Gasteiger partial charge in [0.15, 0.2) is 0 Å². The quantitative estimate of drug-likeness (QED) is 0.887. The molecule has 4 rings (SSSR count). The number of anilines is 2. The summed E-state index contributed by atoms with van der Waals surface area (Å²) in [5.74, 6) is 1.69. The molecule has 6 nitrogen and oxygen atoms in total. The molecule has 0 saturated heterocycles. The van der Waals surface area contributed by atoms with Crippen molar-refractivity contribution >= 4 is 11.8 Å². The maximum atomic E-state index is 6.02. The van der Waals surface area contributed by atoms with Gasteiger partial charge in [0.05, 0.1) is 18.4 Å². The molecule has 0 amide bonds. The molecule has 6 heteroatoms. The third-order valence-corrected chi connectivity index (χ3v) is 4.87. The topological polar surface area (TPSA) is 62.3 Å². The first-order valence-corrected chi connectivity index (χ1v) is 8.93. The van der Waals surface area contributed by atoms with Crippen molar-refractivity contribution in [2.24, 2.45) is 0 Å². The van der Waals surface area contributed by atoms with Gasteiger partial charge < -0.3 is 20.3 Å². The van der Waals surface area contributed by atoms with E-state index in [1.165, 1.54) is 16.7 Å². The largest absolute Gasteiger partial charge is 0.371 e. The van der Waals surface area contributed by atoms with Gasteiger partial charge in [-0.25, -0.2) is 4.98 Å². The van der Waals surface area contributed by atoms with Gasteiger partial charge in [-0.15, -0.1) is 0 Å². The minimum Gasteiger partial charge on any atom is -0.371 e. The predicted octanol–water partition coefficient (Wildman–Crippen LogP) is 1.91. The summed E-state index contributed by atoms with van der Waals surface area (Å²) in [6, 6.07) is 8.56. The summed E-state index contributed by atoms with van der Waals surface area (Å²) < 4.78 is 6.02. The van der Waals surface area contributed by atoms with Crippen molar-refractivity contribution in [2.75, 3.05) is 44.0 Å². The number of aromatic nitrogens is 2. The molecule has 25 heavy (non-hydrogen) atoms. The molecule has 1 aromatic carbocycles. The van der Waals surface area contributed by atoms with Crippen molar-refractivity contribution in [3.8, 4) is 0 Å². The van der Waals surface area contributed by atoms with Crippen LogP contribution in [0.25, 0.3) is 0 Å². The molecule has 2 N–H and O–H groups in total. The monoisotopic (exact) mass is 339 g/mol. The molecule has 2 aliphatic heterocycles. The molecule has 0 spiro atoms. The van der Waals surface area contributed by atoms with E-state index in [-0.39, 0.29) is 6.10 Å². The maximum Gasteiger partial charge on any atom is 0.227 e. The van der Waals surface area contributed by atoms with Gasteiger partial charge in [0.25, 0.3) is 0 Å². The van der Waals surface area contributed by atoms with E-state index in [9.17, 15) is 0 Å². The van der Waals surface area contributed by atoms with E-state index >= 15 is 0 Å². The lowest BCUT2D eigenvalue weighted by molar-refractivity contribution is 0.0513. The average Bonchev–Trinajstić information content (AvgIpc) is 2.65. The summed E-state index contributed by atoms with van der Waals surface area (Å²) in [5, 5.41) is 6.94. The van der Waals surface area contributed by atoms with E-state index in [2.05, 4.69) is 39.9 Å². The molecular weight excluding hydrogens is 314 g/mol. The minimum absolute atomic E-state index is 0.0695. The first kappa shape index (κ1) is 16.3. The smallest absolute Gasteiger partial charge is 0.227 e. The Kier molecular flexibility index (Phi) is 4.55. The Labute approximate surface area is 148 Å². The highest BCUT2D eigenvalue weighted by molar-refractivity contribution is 5.52. The summed E-state index contributed by atoms with van der Waals surface area (Å²) in [7, 11) is 3.95. The Balaban J connectivity index is 1.58. The molecular formula is C19H25N5O. The van der Waals surface area contributed by atoms with Crippen LogP contribution in [0.3, 0.4) is 0 Å². The van der Waals surface area contributed by atoms with Crippen molar-refractivity contribution in [3.63, 3.8) is 0 Å². The lowest BCUT2D eigenvalue weighted by atomic mass is 9.97. The molecule has 0 saturated carbocycles. The van der Waals surface area contributed by atoms with E-state index in [0.29, 0.717) is 0 Å². The molecule has 0 radical (unpaired) electrons. The number of fused-ring (bicyclic) bond motifs is 2. The highest BCUT2D eigenvalue weighted by Gasteiger charge is 2.22. The molecule has 1 unspecified atom stereocenters. The van der Waals surface area contributed by atoms with Gasteiger partial charge in [-0.05, 0) is 30.5 Å². The van der Waals surface area contributed by atoms with Gasteiger partial charge in [0.2, 0.25) is 5.95 Å². The lowest BCUT2D eigenvalue weighted by Gasteiger charge is -2.28. The van der Waals surface area contributed by atoms with Crippen LogP contribution < -0.4 is 15.5 Å². The first-order valence-electron chi connectivity index (χ1n) is 8.93. The van der Waals surface area contributed by atoms with Crippen LogP contribution in [0.15, 0.2) is 24.3 Å². The van der Waals surface area contributed by atoms with Gasteiger partial charge in [-0.3, -0.25) is 0 Å². The van der Waals surface area contributed by atoms with Crippen LogP contribution in [-0.2, 0) is 24.1 Å². The third kappa shape index (κ3) is 3.32. The molecule has 1 aromatic heterocycles. The fraction of sp³-hybridized carbons (Fsp3) is 0.474. The standard InChI is InChI=1S/C19H25N5O/c1-24(2)19-22-16-11-20-9-7-15(16)18(23-19)21-12-17-14-6-4-3-5-13(14)8-10-25-17/h3-6,17,20H,7-12H2,1-2H3,(H,21,22,23). The second kappa shape index (κ2) is 6.98. The van der Waals surface area contributed by atoms with Crippen molar-refractivity contribution < 1.29 is 4.74 Å². The number of hydrogen-bond donors (Lipinski definition) is 2. The second-order valence-corrected chi connectivity index (χ2v) is 6.81. The van der Waals surface area contributed by atoms with Gasteiger partial charge in [0.1, 0.15) is 5.82 Å². The van der Waals surface area contributed by atoms with E-state index < -0.39 is 0 Å². The zero-order valence-corrected chi connectivity index (χ0v) is 14.9. The normalized spacial score (nSPS) is 19.0. The van der Waals surface area contributed by atoms with Gasteiger partial charge >= 0.3 is 0 Å². The van der Waals surface area contributed by atoms with E-state index in [0.717, 1.165) is 56.5 Å². The molecule has 3 heterocycles. The Morgan fingerprint density at radius 2 is 2.12 bits per heavy atom. The van der Waals surface area contributed by atoms with Crippen LogP contribution in [0.1, 0.15) is 28.5 Å². The summed E-state index contributed by atoms with van der Waals surface area (Å²) in [6.07, 6.45) is 2.01. The number of ether oxygens (including phenoxy) is 1. The summed E-state index contributed by atoms with van der Waals surface area (Å²) in [4.78, 5) is 11.4. The Morgan fingerprint density at radius 3 is 3.00 bits per heavy atom. The van der Waals surface area contributed by atoms with Crippen LogP contribution in [0.4, 0.5) is 11.8 Å². The fourth-order valence-corrected chi connectivity index (χ4v) is 3.53. The fourth-order valence-electron chi connectivity index (χ4n) is 3.53. The van der Waals surface area contributed by atoms with Crippen LogP contribution in [0.2, 0.25) is 0 Å². The van der Waals surface area contributed by atoms with Crippen molar-refractivity contribution in [1.82, 2.24) is 15.3 Å². The molecule has 1 atom stereocenters. The zero-order chi connectivity index (χ0) is 17.2. The van der Waals surface area contributed by atoms with Crippen molar-refractivity contribution in [2.45, 2.75) is 25.5 Å². The number of hydrogen-bond acceptors (Lipinski definition) is 6. The maximum absolute atomic E-state index is 6.02. The van der Waals surface area contributed by atoms with Crippen molar-refractivity contribution in [3.05, 3.63) is 46.6 Å². The Bertz CT molecular complexity index is 761. The van der Waals surface area contributed by atoms with E-state index in [4.69, 9.17) is 9.72 Å². The SMILES string of the molecule is CN(C)c1nc2c(c(NCC3OCCc4ccccc43)n1)CCNC2. The van der Waals surface area contributed by atoms with Crippen molar-refractivity contribution in [1.29, 1.82) is 0 Å². The molecule has 0 aliphatic carbocycles. The highest BCUT2D eigenvalue weighted by atomic mass is 16.5. The second-order valence-electron chi connectivity index (χ2n) is 6.81. The van der Waals surface area contributed by atoms with Crippen LogP contribution >= 0.6 is 0 Å².